The molecular formula is C16H23NO10. The van der Waals surface area contributed by atoms with Crippen LogP contribution in [0.1, 0.15) is 34.6 Å². The first-order valence-corrected chi connectivity index (χ1v) is 7.81. The van der Waals surface area contributed by atoms with Crippen LogP contribution in [0.5, 0.6) is 0 Å². The first kappa shape index (κ1) is 23.1. The van der Waals surface area contributed by atoms with Crippen molar-refractivity contribution in [3.8, 4) is 0 Å². The zero-order chi connectivity index (χ0) is 21.8. The molecular weight excluding hydrogens is 366 g/mol. The minimum Gasteiger partial charge on any atom is -0.393 e. The number of aliphatic hydroxyl groups is 4. The molecule has 1 unspecified atom stereocenters. The Kier molecular flexibility index (Phi) is 5.43. The fraction of sp³-hybridized carbons (Fsp3) is 0.688. The third-order valence-corrected chi connectivity index (χ3v) is 5.35. The Morgan fingerprint density at radius 2 is 1.07 bits per heavy atom. The molecule has 0 amide bonds. The van der Waals surface area contributed by atoms with Gasteiger partial charge >= 0.3 is 0 Å². The van der Waals surface area contributed by atoms with E-state index in [1.807, 2.05) is 0 Å². The molecule has 152 valence electrons. The monoisotopic (exact) mass is 389 g/mol. The normalized spacial score (nSPS) is 41.7. The highest BCUT2D eigenvalue weighted by Gasteiger charge is 2.87. The summed E-state index contributed by atoms with van der Waals surface area (Å²) < 4.78 is 5.11. The second-order valence-corrected chi connectivity index (χ2v) is 6.74. The first-order chi connectivity index (χ1) is 12.0. The van der Waals surface area contributed by atoms with Crippen LogP contribution >= 0.6 is 0 Å². The van der Waals surface area contributed by atoms with Crippen LogP contribution in [0.3, 0.4) is 0 Å². The molecule has 0 aromatic heterocycles. The minimum absolute atomic E-state index is 0.593. The van der Waals surface area contributed by atoms with Crippen LogP contribution in [0.15, 0.2) is 0 Å². The fourth-order valence-corrected chi connectivity index (χ4v) is 3.72. The Morgan fingerprint density at radius 1 is 0.704 bits per heavy atom. The van der Waals surface area contributed by atoms with Gasteiger partial charge in [-0.3, -0.25) is 29.7 Å². The van der Waals surface area contributed by atoms with Gasteiger partial charge in [-0.2, -0.15) is 0 Å². The second-order valence-electron chi connectivity index (χ2n) is 6.74. The molecule has 6 N–H and O–H groups in total. The molecule has 0 aromatic carbocycles. The van der Waals surface area contributed by atoms with Gasteiger partial charge in [-0.1, -0.05) is 0 Å². The van der Waals surface area contributed by atoms with Gasteiger partial charge in [0, 0.05) is 0 Å². The van der Waals surface area contributed by atoms with Crippen LogP contribution in [0.4, 0.5) is 0 Å². The van der Waals surface area contributed by atoms with Crippen molar-refractivity contribution in [2.45, 2.75) is 62.7 Å². The standard InChI is InChI=1S/C16H23NO10/c1-7(19)12(6-18)13(24,8(2)20)14(25,9(3)21)15(26,10(4)22)16(17,27-12)11(5)23/h18,24-26H,6,17H2,1-5H3/t12-,13+,14-,15+,16?/m0/s1. The summed E-state index contributed by atoms with van der Waals surface area (Å²) in [5.74, 6) is -7.22. The van der Waals surface area contributed by atoms with Crippen LogP contribution in [-0.2, 0) is 28.7 Å². The summed E-state index contributed by atoms with van der Waals surface area (Å²) in [5, 5.41) is 43.1. The average Bonchev–Trinajstić information content (AvgIpc) is 2.54. The number of nitrogens with two attached hydrogens (primary N) is 1. The maximum Gasteiger partial charge on any atom is 0.216 e. The van der Waals surface area contributed by atoms with Gasteiger partial charge < -0.3 is 25.2 Å². The molecule has 11 heteroatoms. The van der Waals surface area contributed by atoms with Gasteiger partial charge in [-0.25, -0.2) is 0 Å². The van der Waals surface area contributed by atoms with Crippen molar-refractivity contribution in [2.75, 3.05) is 6.61 Å². The molecule has 1 rings (SSSR count). The lowest BCUT2D eigenvalue weighted by Crippen LogP contribution is -2.96. The average molecular weight is 389 g/mol. The zero-order valence-corrected chi connectivity index (χ0v) is 15.5. The second kappa shape index (κ2) is 6.33. The van der Waals surface area contributed by atoms with Gasteiger partial charge in [0.1, 0.15) is 0 Å². The van der Waals surface area contributed by atoms with E-state index in [1.165, 1.54) is 0 Å². The number of Topliss-reactive ketones (excluding diaryl/α,β-unsaturated/α-hetero) is 5. The van der Waals surface area contributed by atoms with Crippen LogP contribution in [-0.4, -0.2) is 84.1 Å². The minimum atomic E-state index is -3.81. The molecule has 5 atom stereocenters. The topological polar surface area (TPSA) is 202 Å². The lowest BCUT2D eigenvalue weighted by molar-refractivity contribution is -0.363. The Hall–Kier alpha value is -1.89. The van der Waals surface area contributed by atoms with E-state index in [-0.39, 0.29) is 0 Å². The van der Waals surface area contributed by atoms with Gasteiger partial charge in [-0.05, 0) is 34.6 Å². The molecule has 27 heavy (non-hydrogen) atoms. The SMILES string of the molecule is CC(=O)C1(N)O[C@@](CO)(C(C)=O)[C@](O)(C(C)=O)[C@@](O)(C(C)=O)[C@]1(O)C(C)=O. The molecule has 0 saturated carbocycles. The van der Waals surface area contributed by atoms with Crippen molar-refractivity contribution >= 4 is 28.9 Å². The summed E-state index contributed by atoms with van der Waals surface area (Å²) in [4.78, 5) is 61.6. The highest BCUT2D eigenvalue weighted by atomic mass is 16.6. The van der Waals surface area contributed by atoms with Crippen molar-refractivity contribution in [1.29, 1.82) is 0 Å². The van der Waals surface area contributed by atoms with Gasteiger partial charge in [0.15, 0.2) is 34.5 Å². The number of ether oxygens (including phenoxy) is 1. The predicted octanol–water partition coefficient (Wildman–Crippen LogP) is -3.46. The lowest BCUT2D eigenvalue weighted by Gasteiger charge is -2.63. The molecule has 1 aliphatic heterocycles. The van der Waals surface area contributed by atoms with Gasteiger partial charge in [-0.15, -0.1) is 0 Å². The number of carbonyl (C=O) groups excluding carboxylic acids is 5. The van der Waals surface area contributed by atoms with E-state index in [0.717, 1.165) is 13.8 Å². The van der Waals surface area contributed by atoms with Crippen molar-refractivity contribution in [1.82, 2.24) is 0 Å². The Labute approximate surface area is 154 Å². The van der Waals surface area contributed by atoms with Crippen LogP contribution in [0.25, 0.3) is 0 Å². The number of hydrogen-bond donors (Lipinski definition) is 5. The Balaban J connectivity index is 4.36. The van der Waals surface area contributed by atoms with E-state index in [4.69, 9.17) is 10.5 Å². The maximum atomic E-state index is 12.4. The summed E-state index contributed by atoms with van der Waals surface area (Å²) in [5.41, 5.74) is -11.8. The van der Waals surface area contributed by atoms with E-state index in [2.05, 4.69) is 0 Å². The number of aliphatic hydroxyl groups excluding tert-OH is 1. The van der Waals surface area contributed by atoms with Crippen molar-refractivity contribution in [3.05, 3.63) is 0 Å². The van der Waals surface area contributed by atoms with E-state index in [0.29, 0.717) is 20.8 Å². The quantitative estimate of drug-likeness (QED) is 0.302. The number of hydrogen-bond acceptors (Lipinski definition) is 11. The summed E-state index contributed by atoms with van der Waals surface area (Å²) in [6, 6.07) is 0. The molecule has 11 nitrogen and oxygen atoms in total. The highest BCUT2D eigenvalue weighted by molar-refractivity contribution is 6.12. The third-order valence-electron chi connectivity index (χ3n) is 5.35. The Bertz CT molecular complexity index is 749. The summed E-state index contributed by atoms with van der Waals surface area (Å²) >= 11 is 0. The van der Waals surface area contributed by atoms with Crippen LogP contribution in [0, 0.1) is 0 Å². The van der Waals surface area contributed by atoms with Crippen molar-refractivity contribution in [3.63, 3.8) is 0 Å². The van der Waals surface area contributed by atoms with Gasteiger partial charge in [0.25, 0.3) is 0 Å². The maximum absolute atomic E-state index is 12.4. The number of carbonyl (C=O) groups is 5. The van der Waals surface area contributed by atoms with Crippen molar-refractivity contribution < 1.29 is 49.1 Å². The molecule has 1 heterocycles. The van der Waals surface area contributed by atoms with Gasteiger partial charge in [0.05, 0.1) is 6.61 Å². The largest absolute Gasteiger partial charge is 0.393 e. The number of ketones is 5. The summed E-state index contributed by atoms with van der Waals surface area (Å²) in [7, 11) is 0. The summed E-state index contributed by atoms with van der Waals surface area (Å²) in [6.07, 6.45) is 0. The zero-order valence-electron chi connectivity index (χ0n) is 15.5. The fourth-order valence-electron chi connectivity index (χ4n) is 3.72. The molecule has 1 saturated heterocycles. The third kappa shape index (κ3) is 2.21. The lowest BCUT2D eigenvalue weighted by atomic mass is 9.53. The molecule has 0 bridgehead atoms. The highest BCUT2D eigenvalue weighted by Crippen LogP contribution is 2.54. The van der Waals surface area contributed by atoms with Gasteiger partial charge in [0.2, 0.25) is 22.5 Å². The first-order valence-electron chi connectivity index (χ1n) is 7.81. The molecule has 1 aliphatic rings. The van der Waals surface area contributed by atoms with E-state index in [1.54, 1.807) is 0 Å². The van der Waals surface area contributed by atoms with E-state index >= 15 is 0 Å². The summed E-state index contributed by atoms with van der Waals surface area (Å²) in [6.45, 7) is 1.77. The molecule has 0 spiro atoms. The van der Waals surface area contributed by atoms with E-state index < -0.39 is 63.7 Å². The Morgan fingerprint density at radius 3 is 1.30 bits per heavy atom. The molecule has 0 radical (unpaired) electrons. The van der Waals surface area contributed by atoms with Crippen LogP contribution < -0.4 is 5.73 Å². The molecule has 1 fully saturated rings. The molecule has 0 aromatic rings. The van der Waals surface area contributed by atoms with Crippen LogP contribution in [0.2, 0.25) is 0 Å². The van der Waals surface area contributed by atoms with E-state index in [9.17, 15) is 44.4 Å². The number of rotatable bonds is 6. The predicted molar refractivity (Wildman–Crippen MR) is 86.1 cm³/mol. The smallest absolute Gasteiger partial charge is 0.216 e. The van der Waals surface area contributed by atoms with Crippen molar-refractivity contribution in [2.24, 2.45) is 5.73 Å². The molecule has 0 aliphatic carbocycles.